The van der Waals surface area contributed by atoms with E-state index in [2.05, 4.69) is 25.8 Å². The lowest BCUT2D eigenvalue weighted by Gasteiger charge is -2.31. The van der Waals surface area contributed by atoms with Crippen molar-refractivity contribution in [3.8, 4) is 17.2 Å². The number of aliphatic carboxylic acids is 1. The van der Waals surface area contributed by atoms with Crippen LogP contribution in [0, 0.1) is 11.3 Å². The molecule has 2 amide bonds. The van der Waals surface area contributed by atoms with Crippen LogP contribution in [-0.2, 0) is 14.4 Å². The summed E-state index contributed by atoms with van der Waals surface area (Å²) in [6.45, 7) is 8.27. The molecule has 2 fully saturated rings. The summed E-state index contributed by atoms with van der Waals surface area (Å²) in [5.74, 6) is -0.736. The van der Waals surface area contributed by atoms with Gasteiger partial charge in [-0.25, -0.2) is 0 Å². The van der Waals surface area contributed by atoms with Crippen LogP contribution in [0.4, 0.5) is 5.69 Å². The number of anilines is 1. The molecule has 3 atom stereocenters. The summed E-state index contributed by atoms with van der Waals surface area (Å²) in [4.78, 5) is 49.4. The van der Waals surface area contributed by atoms with Crippen LogP contribution in [0.5, 0.6) is 17.2 Å². The van der Waals surface area contributed by atoms with Crippen LogP contribution in [-0.4, -0.2) is 90.3 Å². The maximum atomic E-state index is 13.9. The van der Waals surface area contributed by atoms with Gasteiger partial charge in [-0.15, -0.1) is 0 Å². The first-order valence-electron chi connectivity index (χ1n) is 15.0. The number of nitrogens with zero attached hydrogens (tertiary/aromatic N) is 4. The van der Waals surface area contributed by atoms with Crippen LogP contribution in [0.15, 0.2) is 36.7 Å². The van der Waals surface area contributed by atoms with Crippen molar-refractivity contribution in [3.05, 3.63) is 42.2 Å². The normalized spacial score (nSPS) is 22.7. The van der Waals surface area contributed by atoms with Crippen molar-refractivity contribution in [2.24, 2.45) is 11.3 Å². The lowest BCUT2D eigenvalue weighted by Crippen LogP contribution is -2.45. The Labute approximate surface area is 252 Å². The summed E-state index contributed by atoms with van der Waals surface area (Å²) >= 11 is 0. The van der Waals surface area contributed by atoms with Crippen molar-refractivity contribution >= 4 is 23.5 Å². The average molecular weight is 595 g/mol. The van der Waals surface area contributed by atoms with E-state index in [0.717, 1.165) is 18.4 Å². The summed E-state index contributed by atoms with van der Waals surface area (Å²) in [5.41, 5.74) is 1.35. The quantitative estimate of drug-likeness (QED) is 0.391. The smallest absolute Gasteiger partial charge is 0.308 e. The number of pyridine rings is 1. The Morgan fingerprint density at radius 2 is 2.07 bits per heavy atom. The van der Waals surface area contributed by atoms with Gasteiger partial charge in [0.2, 0.25) is 24.4 Å². The van der Waals surface area contributed by atoms with Gasteiger partial charge < -0.3 is 29.1 Å². The van der Waals surface area contributed by atoms with Crippen LogP contribution in [0.3, 0.4) is 0 Å². The van der Waals surface area contributed by atoms with Gasteiger partial charge in [0.1, 0.15) is 0 Å². The number of fused-ring (bicyclic) bond motifs is 1. The van der Waals surface area contributed by atoms with Crippen LogP contribution >= 0.6 is 0 Å². The molecule has 2 aromatic rings. The highest BCUT2D eigenvalue weighted by Crippen LogP contribution is 2.47. The molecule has 5 rings (SSSR count). The van der Waals surface area contributed by atoms with Crippen molar-refractivity contribution in [2.75, 3.05) is 51.5 Å². The van der Waals surface area contributed by atoms with Gasteiger partial charge in [-0.3, -0.25) is 24.3 Å². The molecule has 2 saturated heterocycles. The third kappa shape index (κ3) is 6.56. The number of rotatable bonds is 12. The van der Waals surface area contributed by atoms with Crippen molar-refractivity contribution in [1.82, 2.24) is 14.8 Å². The zero-order chi connectivity index (χ0) is 30.7. The number of carbonyl (C=O) groups excluding carboxylic acids is 2. The highest BCUT2D eigenvalue weighted by atomic mass is 16.7. The number of likely N-dealkylation sites (tertiary alicyclic amines) is 2. The number of ether oxygens (including phenoxy) is 3. The summed E-state index contributed by atoms with van der Waals surface area (Å²) in [6, 6.07) is 6.83. The Bertz CT molecular complexity index is 1330. The van der Waals surface area contributed by atoms with E-state index in [0.29, 0.717) is 62.0 Å². The molecule has 11 nitrogen and oxygen atoms in total. The first kappa shape index (κ1) is 30.6. The standard InChI is InChI=1S/C32H42N4O7/c1-5-6-11-36(22-8-7-10-33-16-22)28(38)18-35-17-23(21-13-25(41-4)30-26(14-21)42-20-43-30)29(31(39)40)24(35)9-12-34-19-32(2,3)15-27(34)37/h7-8,10,13-14,16,23-24,29H,5-6,9,11-12,15,17-20H2,1-4H3,(H,39,40)/t23-,24+,29-/m1/s1. The number of methoxy groups -OCH3 is 1. The molecule has 1 aromatic carbocycles. The Balaban J connectivity index is 1.46. The van der Waals surface area contributed by atoms with Gasteiger partial charge in [0.25, 0.3) is 0 Å². The first-order valence-corrected chi connectivity index (χ1v) is 15.0. The van der Waals surface area contributed by atoms with Crippen molar-refractivity contribution in [1.29, 1.82) is 0 Å². The predicted molar refractivity (Wildman–Crippen MR) is 159 cm³/mol. The molecule has 4 heterocycles. The number of benzene rings is 1. The number of carboxylic acids is 1. The molecule has 3 aliphatic rings. The molecule has 11 heteroatoms. The van der Waals surface area contributed by atoms with Gasteiger partial charge in [0.05, 0.1) is 31.5 Å². The maximum Gasteiger partial charge on any atom is 0.308 e. The molecular formula is C32H42N4O7. The van der Waals surface area contributed by atoms with E-state index >= 15 is 0 Å². The summed E-state index contributed by atoms with van der Waals surface area (Å²) < 4.78 is 16.8. The van der Waals surface area contributed by atoms with Crippen molar-refractivity contribution in [3.63, 3.8) is 0 Å². The monoisotopic (exact) mass is 594 g/mol. The lowest BCUT2D eigenvalue weighted by atomic mass is 9.84. The fraction of sp³-hybridized carbons (Fsp3) is 0.562. The SMILES string of the molecule is CCCCN(C(=O)CN1C[C@H](c2cc(OC)c3c(c2)OCO3)[C@@H](C(=O)O)[C@@H]1CCN1CC(C)(C)CC1=O)c1cccnc1. The molecule has 0 bridgehead atoms. The van der Waals surface area contributed by atoms with E-state index in [-0.39, 0.29) is 30.6 Å². The second-order valence-electron chi connectivity index (χ2n) is 12.5. The van der Waals surface area contributed by atoms with Gasteiger partial charge in [0, 0.05) is 50.8 Å². The average Bonchev–Trinajstić information content (AvgIpc) is 3.66. The number of unbranched alkanes of at least 4 members (excludes halogenated alkanes) is 1. The molecule has 232 valence electrons. The molecule has 1 N–H and O–H groups in total. The minimum Gasteiger partial charge on any atom is -0.493 e. The number of carbonyl (C=O) groups is 3. The molecule has 0 radical (unpaired) electrons. The van der Waals surface area contributed by atoms with Crippen molar-refractivity contribution in [2.45, 2.75) is 58.4 Å². The van der Waals surface area contributed by atoms with Gasteiger partial charge in [-0.2, -0.15) is 0 Å². The minimum absolute atomic E-state index is 0.0463. The number of hydrogen-bond donors (Lipinski definition) is 1. The fourth-order valence-electron chi connectivity index (χ4n) is 6.71. The third-order valence-corrected chi connectivity index (χ3v) is 8.77. The second kappa shape index (κ2) is 12.8. The van der Waals surface area contributed by atoms with Crippen LogP contribution in [0.2, 0.25) is 0 Å². The largest absolute Gasteiger partial charge is 0.493 e. The third-order valence-electron chi connectivity index (χ3n) is 8.77. The van der Waals surface area contributed by atoms with E-state index in [4.69, 9.17) is 14.2 Å². The number of aromatic nitrogens is 1. The predicted octanol–water partition coefficient (Wildman–Crippen LogP) is 3.77. The Kier molecular flexibility index (Phi) is 9.10. The zero-order valence-electron chi connectivity index (χ0n) is 25.5. The van der Waals surface area contributed by atoms with Crippen LogP contribution in [0.1, 0.15) is 57.9 Å². The van der Waals surface area contributed by atoms with Crippen LogP contribution < -0.4 is 19.1 Å². The van der Waals surface area contributed by atoms with Gasteiger partial charge >= 0.3 is 5.97 Å². The summed E-state index contributed by atoms with van der Waals surface area (Å²) in [5, 5.41) is 10.6. The molecule has 0 aliphatic carbocycles. The first-order chi connectivity index (χ1) is 20.6. The maximum absolute atomic E-state index is 13.9. The number of carboxylic acid groups (broad SMARTS) is 1. The molecular weight excluding hydrogens is 552 g/mol. The van der Waals surface area contributed by atoms with Crippen molar-refractivity contribution < 1.29 is 33.7 Å². The van der Waals surface area contributed by atoms with E-state index in [1.54, 1.807) is 23.4 Å². The number of hydrogen-bond acceptors (Lipinski definition) is 8. The molecule has 0 spiro atoms. The molecule has 3 aliphatic heterocycles. The van der Waals surface area contributed by atoms with E-state index in [1.807, 2.05) is 28.0 Å². The Morgan fingerprint density at radius 3 is 2.72 bits per heavy atom. The molecule has 43 heavy (non-hydrogen) atoms. The fourth-order valence-corrected chi connectivity index (χ4v) is 6.71. The Hall–Kier alpha value is -3.86. The van der Waals surface area contributed by atoms with E-state index in [1.165, 1.54) is 7.11 Å². The Morgan fingerprint density at radius 1 is 1.26 bits per heavy atom. The summed E-state index contributed by atoms with van der Waals surface area (Å²) in [7, 11) is 1.54. The summed E-state index contributed by atoms with van der Waals surface area (Å²) in [6.07, 6.45) is 6.01. The van der Waals surface area contributed by atoms with Crippen LogP contribution in [0.25, 0.3) is 0 Å². The lowest BCUT2D eigenvalue weighted by molar-refractivity contribution is -0.143. The minimum atomic E-state index is -0.940. The number of amides is 2. The zero-order valence-corrected chi connectivity index (χ0v) is 25.5. The molecule has 1 aromatic heterocycles. The van der Waals surface area contributed by atoms with Gasteiger partial charge in [-0.1, -0.05) is 27.2 Å². The van der Waals surface area contributed by atoms with Gasteiger partial charge in [0.15, 0.2) is 11.5 Å². The second-order valence-corrected chi connectivity index (χ2v) is 12.5. The highest BCUT2D eigenvalue weighted by molar-refractivity contribution is 5.94. The van der Waals surface area contributed by atoms with Gasteiger partial charge in [-0.05, 0) is 48.1 Å². The highest BCUT2D eigenvalue weighted by Gasteiger charge is 2.48. The molecule has 0 unspecified atom stereocenters. The van der Waals surface area contributed by atoms with E-state index < -0.39 is 23.8 Å². The molecule has 0 saturated carbocycles. The topological polar surface area (TPSA) is 122 Å². The van der Waals surface area contributed by atoms with E-state index in [9.17, 15) is 19.5 Å².